The summed E-state index contributed by atoms with van der Waals surface area (Å²) in [4.78, 5) is 11.6. The summed E-state index contributed by atoms with van der Waals surface area (Å²) in [6.45, 7) is 27.1. The molecule has 162 valence electrons. The molecule has 0 rings (SSSR count). The molecule has 0 aliphatic heterocycles. The summed E-state index contributed by atoms with van der Waals surface area (Å²) in [6.07, 6.45) is 3.26. The van der Waals surface area contributed by atoms with Crippen molar-refractivity contribution in [2.75, 3.05) is 0 Å². The zero-order valence-electron chi connectivity index (χ0n) is 20.3. The third-order valence-electron chi connectivity index (χ3n) is 5.96. The van der Waals surface area contributed by atoms with E-state index in [1.807, 2.05) is 6.92 Å². The second-order valence-electron chi connectivity index (χ2n) is 10.3. The summed E-state index contributed by atoms with van der Waals surface area (Å²) in [5.41, 5.74) is 1.68. The molecule has 0 amide bonds. The van der Waals surface area contributed by atoms with Crippen LogP contribution >= 0.6 is 0 Å². The molecule has 0 aliphatic carbocycles. The van der Waals surface area contributed by atoms with Gasteiger partial charge in [0.2, 0.25) is 8.32 Å². The van der Waals surface area contributed by atoms with Crippen LogP contribution in [0.1, 0.15) is 75.2 Å². The van der Waals surface area contributed by atoms with Crippen molar-refractivity contribution in [1.29, 1.82) is 0 Å². The van der Waals surface area contributed by atoms with Gasteiger partial charge in [0.15, 0.2) is 8.32 Å². The monoisotopic (exact) mass is 416 g/mol. The fraction of sp³-hybridized carbons (Fsp3) is 0.955. The Labute approximate surface area is 172 Å². The van der Waals surface area contributed by atoms with Gasteiger partial charge in [-0.3, -0.25) is 0 Å². The first-order valence-electron chi connectivity index (χ1n) is 11.0. The minimum atomic E-state index is -1.97. The van der Waals surface area contributed by atoms with Gasteiger partial charge in [-0.2, -0.15) is 0 Å². The van der Waals surface area contributed by atoms with Crippen molar-refractivity contribution in [3.63, 3.8) is 0 Å². The zero-order chi connectivity index (χ0) is 21.6. The van der Waals surface area contributed by atoms with Crippen LogP contribution in [0.15, 0.2) is 0 Å². The van der Waals surface area contributed by atoms with Gasteiger partial charge in [0, 0.05) is 11.8 Å². The van der Waals surface area contributed by atoms with Crippen LogP contribution in [0.2, 0.25) is 36.3 Å². The average molecular weight is 417 g/mol. The van der Waals surface area contributed by atoms with Gasteiger partial charge in [0.25, 0.3) is 0 Å². The third kappa shape index (κ3) is 7.41. The first-order valence-corrected chi connectivity index (χ1v) is 16.6. The molecule has 27 heavy (non-hydrogen) atoms. The summed E-state index contributed by atoms with van der Waals surface area (Å²) in [5, 5.41) is 0. The van der Waals surface area contributed by atoms with E-state index in [0.717, 1.165) is 19.1 Å². The summed E-state index contributed by atoms with van der Waals surface area (Å²) in [5.74, 6) is 0.0999. The summed E-state index contributed by atoms with van der Waals surface area (Å²) < 4.78 is 13.7. The van der Waals surface area contributed by atoms with Crippen LogP contribution in [0.3, 0.4) is 0 Å². The van der Waals surface area contributed by atoms with Crippen molar-refractivity contribution in [3.8, 4) is 0 Å². The van der Waals surface area contributed by atoms with E-state index >= 15 is 0 Å². The molecule has 4 atom stereocenters. The largest absolute Gasteiger partial charge is 0.414 e. The average Bonchev–Trinajstić information content (AvgIpc) is 2.53. The Bertz CT molecular complexity index is 408. The molecule has 5 heteroatoms. The number of hydrogen-bond donors (Lipinski definition) is 0. The SMILES string of the molecule is CCC[C@@H](O[Si](C(C)C)(C(C)C)C(C)C)[C@@H](C)[C@@H](O[Si](C)(C)C)[C@H](C)C=O. The molecule has 0 N–H and O–H groups in total. The van der Waals surface area contributed by atoms with Crippen LogP contribution in [-0.4, -0.2) is 35.1 Å². The van der Waals surface area contributed by atoms with Crippen molar-refractivity contribution in [3.05, 3.63) is 0 Å². The molecule has 0 fully saturated rings. The molecule has 0 radical (unpaired) electrons. The van der Waals surface area contributed by atoms with Gasteiger partial charge >= 0.3 is 0 Å². The Morgan fingerprint density at radius 3 is 1.56 bits per heavy atom. The van der Waals surface area contributed by atoms with E-state index in [4.69, 9.17) is 8.85 Å². The molecule has 0 bridgehead atoms. The van der Waals surface area contributed by atoms with Crippen LogP contribution in [0.25, 0.3) is 0 Å². The van der Waals surface area contributed by atoms with E-state index in [2.05, 4.69) is 75.0 Å². The molecular formula is C22H48O3Si2. The summed E-state index contributed by atoms with van der Waals surface area (Å²) >= 11 is 0. The van der Waals surface area contributed by atoms with E-state index in [0.29, 0.717) is 16.6 Å². The van der Waals surface area contributed by atoms with Crippen molar-refractivity contribution in [1.82, 2.24) is 0 Å². The lowest BCUT2D eigenvalue weighted by Gasteiger charge is -2.47. The maximum absolute atomic E-state index is 11.6. The highest BCUT2D eigenvalue weighted by Gasteiger charge is 2.48. The van der Waals surface area contributed by atoms with Gasteiger partial charge in [-0.1, -0.05) is 68.7 Å². The van der Waals surface area contributed by atoms with Crippen LogP contribution in [0.4, 0.5) is 0 Å². The lowest BCUT2D eigenvalue weighted by Crippen LogP contribution is -2.53. The molecule has 0 aromatic heterocycles. The van der Waals surface area contributed by atoms with Gasteiger partial charge in [-0.05, 0) is 42.7 Å². The predicted octanol–water partition coefficient (Wildman–Crippen LogP) is 7.04. The minimum Gasteiger partial charge on any atom is -0.414 e. The normalized spacial score (nSPS) is 18.0. The molecule has 0 saturated carbocycles. The van der Waals surface area contributed by atoms with Gasteiger partial charge in [-0.25, -0.2) is 0 Å². The second kappa shape index (κ2) is 11.3. The predicted molar refractivity (Wildman–Crippen MR) is 123 cm³/mol. The number of hydrogen-bond acceptors (Lipinski definition) is 3. The van der Waals surface area contributed by atoms with E-state index < -0.39 is 16.6 Å². The Balaban J connectivity index is 5.92. The third-order valence-corrected chi connectivity index (χ3v) is 13.1. The molecule has 0 aromatic rings. The van der Waals surface area contributed by atoms with E-state index in [1.165, 1.54) is 0 Å². The Hall–Kier alpha value is 0.0238. The van der Waals surface area contributed by atoms with Crippen LogP contribution < -0.4 is 0 Å². The maximum atomic E-state index is 11.6. The number of rotatable bonds is 13. The van der Waals surface area contributed by atoms with Crippen LogP contribution in [0.5, 0.6) is 0 Å². The smallest absolute Gasteiger partial charge is 0.200 e. The lowest BCUT2D eigenvalue weighted by molar-refractivity contribution is -0.115. The summed E-state index contributed by atoms with van der Waals surface area (Å²) in [6, 6.07) is 0. The molecular weight excluding hydrogens is 368 g/mol. The van der Waals surface area contributed by atoms with Crippen LogP contribution in [0, 0.1) is 11.8 Å². The molecule has 0 saturated heterocycles. The molecule has 0 unspecified atom stereocenters. The standard InChI is InChI=1S/C22H48O3Si2/c1-13-14-21(24-27(16(2)3,17(4)5)18(6)7)20(9)22(19(8)15-23)25-26(10,11)12/h15-22H,13-14H2,1-12H3/t19-,20-,21-,22+/m1/s1. The molecule has 0 heterocycles. The highest BCUT2D eigenvalue weighted by atomic mass is 28.4. The number of carbonyl (C=O) groups excluding carboxylic acids is 1. The van der Waals surface area contributed by atoms with E-state index in [9.17, 15) is 4.79 Å². The fourth-order valence-electron chi connectivity index (χ4n) is 4.77. The molecule has 0 aliphatic rings. The van der Waals surface area contributed by atoms with Crippen molar-refractivity contribution in [2.24, 2.45) is 11.8 Å². The molecule has 0 spiro atoms. The highest BCUT2D eigenvalue weighted by molar-refractivity contribution is 6.77. The number of aldehydes is 1. The first-order chi connectivity index (χ1) is 12.2. The quantitative estimate of drug-likeness (QED) is 0.238. The Morgan fingerprint density at radius 1 is 0.815 bits per heavy atom. The van der Waals surface area contributed by atoms with Gasteiger partial charge in [0.05, 0.1) is 12.2 Å². The van der Waals surface area contributed by atoms with Crippen molar-refractivity contribution in [2.45, 2.75) is 124 Å². The lowest BCUT2D eigenvalue weighted by atomic mass is 9.88. The first kappa shape index (κ1) is 27.0. The van der Waals surface area contributed by atoms with Gasteiger partial charge < -0.3 is 13.6 Å². The maximum Gasteiger partial charge on any atom is 0.200 e. The number of carbonyl (C=O) groups is 1. The minimum absolute atomic E-state index is 0.0658. The van der Waals surface area contributed by atoms with E-state index in [-0.39, 0.29) is 24.0 Å². The van der Waals surface area contributed by atoms with E-state index in [1.54, 1.807) is 0 Å². The van der Waals surface area contributed by atoms with Gasteiger partial charge in [0.1, 0.15) is 6.29 Å². The fourth-order valence-corrected chi connectivity index (χ4v) is 11.7. The second-order valence-corrected chi connectivity index (χ2v) is 20.2. The van der Waals surface area contributed by atoms with Crippen molar-refractivity contribution >= 4 is 22.9 Å². The van der Waals surface area contributed by atoms with Crippen LogP contribution in [-0.2, 0) is 13.6 Å². The summed E-state index contributed by atoms with van der Waals surface area (Å²) in [7, 11) is -3.73. The Kier molecular flexibility index (Phi) is 11.3. The zero-order valence-corrected chi connectivity index (χ0v) is 22.3. The van der Waals surface area contributed by atoms with Crippen molar-refractivity contribution < 1.29 is 13.6 Å². The Morgan fingerprint density at radius 2 is 1.26 bits per heavy atom. The van der Waals surface area contributed by atoms with Gasteiger partial charge in [-0.15, -0.1) is 0 Å². The highest BCUT2D eigenvalue weighted by Crippen LogP contribution is 2.44. The topological polar surface area (TPSA) is 35.5 Å². The molecule has 0 aromatic carbocycles. The molecule has 3 nitrogen and oxygen atoms in total.